The van der Waals surface area contributed by atoms with E-state index in [1.807, 2.05) is 12.1 Å². The summed E-state index contributed by atoms with van der Waals surface area (Å²) in [5.74, 6) is 0.495. The Morgan fingerprint density at radius 3 is 3.08 bits per heavy atom. The van der Waals surface area contributed by atoms with Gasteiger partial charge in [-0.05, 0) is 37.5 Å². The van der Waals surface area contributed by atoms with Crippen LogP contribution in [0.5, 0.6) is 5.75 Å². The Morgan fingerprint density at radius 1 is 1.29 bits per heavy atom. The fraction of sp³-hybridized carbons (Fsp3) is 0.389. The maximum atomic E-state index is 13.0. The molecule has 0 aliphatic carbocycles. The van der Waals surface area contributed by atoms with Crippen LogP contribution in [0.1, 0.15) is 28.9 Å². The SMILES string of the molecule is COCCOc1cncc(C(=O)N2CCCCc3ncccc32)c1. The molecule has 2 aromatic rings. The standard InChI is InChI=1S/C18H21N3O3/c1-23-9-10-24-15-11-14(12-19-13-15)18(22)21-8-3-2-5-16-17(21)6-4-7-20-16/h4,6-7,11-13H,2-3,5,8-10H2,1H3. The number of hydrogen-bond acceptors (Lipinski definition) is 5. The van der Waals surface area contributed by atoms with Crippen molar-refractivity contribution < 1.29 is 14.3 Å². The zero-order valence-corrected chi connectivity index (χ0v) is 13.8. The largest absolute Gasteiger partial charge is 0.490 e. The van der Waals surface area contributed by atoms with E-state index in [0.29, 0.717) is 31.1 Å². The summed E-state index contributed by atoms with van der Waals surface area (Å²) in [6.07, 6.45) is 7.85. The van der Waals surface area contributed by atoms with Crippen LogP contribution in [-0.4, -0.2) is 42.7 Å². The molecule has 0 saturated heterocycles. The van der Waals surface area contributed by atoms with E-state index in [2.05, 4.69) is 9.97 Å². The van der Waals surface area contributed by atoms with E-state index in [-0.39, 0.29) is 5.91 Å². The summed E-state index contributed by atoms with van der Waals surface area (Å²) in [7, 11) is 1.62. The molecule has 0 saturated carbocycles. The Labute approximate surface area is 141 Å². The third-order valence-electron chi connectivity index (χ3n) is 3.96. The van der Waals surface area contributed by atoms with Crippen LogP contribution in [0.2, 0.25) is 0 Å². The average molecular weight is 327 g/mol. The Kier molecular flexibility index (Phi) is 5.38. The molecular weight excluding hydrogens is 306 g/mol. The van der Waals surface area contributed by atoms with Gasteiger partial charge in [-0.1, -0.05) is 0 Å². The third-order valence-corrected chi connectivity index (χ3v) is 3.96. The van der Waals surface area contributed by atoms with Gasteiger partial charge in [-0.2, -0.15) is 0 Å². The number of fused-ring (bicyclic) bond motifs is 1. The van der Waals surface area contributed by atoms with Gasteiger partial charge in [-0.15, -0.1) is 0 Å². The van der Waals surface area contributed by atoms with Gasteiger partial charge in [0.1, 0.15) is 12.4 Å². The smallest absolute Gasteiger partial charge is 0.260 e. The molecule has 0 unspecified atom stereocenters. The highest BCUT2D eigenvalue weighted by atomic mass is 16.5. The maximum Gasteiger partial charge on any atom is 0.260 e. The van der Waals surface area contributed by atoms with Crippen LogP contribution in [0.15, 0.2) is 36.8 Å². The van der Waals surface area contributed by atoms with E-state index in [1.165, 1.54) is 0 Å². The van der Waals surface area contributed by atoms with Crippen molar-refractivity contribution in [3.05, 3.63) is 48.0 Å². The molecule has 0 radical (unpaired) electrons. The summed E-state index contributed by atoms with van der Waals surface area (Å²) in [6.45, 7) is 1.60. The van der Waals surface area contributed by atoms with Crippen LogP contribution in [0, 0.1) is 0 Å². The number of aryl methyl sites for hydroxylation is 1. The maximum absolute atomic E-state index is 13.0. The highest BCUT2D eigenvalue weighted by molar-refractivity contribution is 6.06. The molecule has 0 bridgehead atoms. The van der Waals surface area contributed by atoms with Crippen LogP contribution < -0.4 is 9.64 Å². The quantitative estimate of drug-likeness (QED) is 0.790. The van der Waals surface area contributed by atoms with Gasteiger partial charge in [-0.3, -0.25) is 14.8 Å². The zero-order chi connectivity index (χ0) is 16.8. The number of carbonyl (C=O) groups is 1. The van der Waals surface area contributed by atoms with Crippen LogP contribution in [0.3, 0.4) is 0 Å². The second-order valence-electron chi connectivity index (χ2n) is 5.63. The lowest BCUT2D eigenvalue weighted by atomic mass is 10.2. The minimum Gasteiger partial charge on any atom is -0.490 e. The predicted molar refractivity (Wildman–Crippen MR) is 90.5 cm³/mol. The van der Waals surface area contributed by atoms with Crippen molar-refractivity contribution in [3.8, 4) is 5.75 Å². The molecule has 2 aromatic heterocycles. The summed E-state index contributed by atoms with van der Waals surface area (Å²) < 4.78 is 10.5. The first-order chi connectivity index (χ1) is 11.8. The lowest BCUT2D eigenvalue weighted by Crippen LogP contribution is -2.32. The van der Waals surface area contributed by atoms with Gasteiger partial charge in [0, 0.05) is 26.0 Å². The number of nitrogens with zero attached hydrogens (tertiary/aromatic N) is 3. The first-order valence-corrected chi connectivity index (χ1v) is 8.12. The fourth-order valence-electron chi connectivity index (χ4n) is 2.78. The van der Waals surface area contributed by atoms with Crippen molar-refractivity contribution in [2.45, 2.75) is 19.3 Å². The Hall–Kier alpha value is -2.47. The van der Waals surface area contributed by atoms with Crippen LogP contribution in [0.4, 0.5) is 5.69 Å². The number of pyridine rings is 2. The van der Waals surface area contributed by atoms with Gasteiger partial charge < -0.3 is 14.4 Å². The Balaban J connectivity index is 1.82. The average Bonchev–Trinajstić information content (AvgIpc) is 2.84. The van der Waals surface area contributed by atoms with E-state index < -0.39 is 0 Å². The minimum absolute atomic E-state index is 0.0733. The molecule has 0 spiro atoms. The van der Waals surface area contributed by atoms with Gasteiger partial charge in [0.05, 0.1) is 29.7 Å². The second kappa shape index (κ2) is 7.88. The summed E-state index contributed by atoms with van der Waals surface area (Å²) >= 11 is 0. The van der Waals surface area contributed by atoms with Gasteiger partial charge in [-0.25, -0.2) is 0 Å². The second-order valence-corrected chi connectivity index (χ2v) is 5.63. The Bertz CT molecular complexity index is 705. The molecule has 0 atom stereocenters. The van der Waals surface area contributed by atoms with Crippen molar-refractivity contribution in [1.82, 2.24) is 9.97 Å². The van der Waals surface area contributed by atoms with E-state index in [1.54, 1.807) is 36.7 Å². The molecular formula is C18H21N3O3. The molecule has 0 aromatic carbocycles. The van der Waals surface area contributed by atoms with E-state index in [4.69, 9.17) is 9.47 Å². The topological polar surface area (TPSA) is 64.6 Å². The van der Waals surface area contributed by atoms with Crippen molar-refractivity contribution in [2.24, 2.45) is 0 Å². The first-order valence-electron chi connectivity index (χ1n) is 8.12. The summed E-state index contributed by atoms with van der Waals surface area (Å²) in [5, 5.41) is 0. The molecule has 3 rings (SSSR count). The molecule has 126 valence electrons. The third kappa shape index (κ3) is 3.71. The normalized spacial score (nSPS) is 14.0. The molecule has 1 aliphatic heterocycles. The number of amides is 1. The van der Waals surface area contributed by atoms with Crippen molar-refractivity contribution in [2.75, 3.05) is 31.8 Å². The predicted octanol–water partition coefficient (Wildman–Crippen LogP) is 2.48. The van der Waals surface area contributed by atoms with Crippen molar-refractivity contribution in [1.29, 1.82) is 0 Å². The van der Waals surface area contributed by atoms with E-state index in [0.717, 1.165) is 30.6 Å². The van der Waals surface area contributed by atoms with Crippen LogP contribution in [-0.2, 0) is 11.2 Å². The van der Waals surface area contributed by atoms with Gasteiger partial charge >= 0.3 is 0 Å². The number of carbonyl (C=O) groups excluding carboxylic acids is 1. The number of ether oxygens (including phenoxy) is 2. The lowest BCUT2D eigenvalue weighted by Gasteiger charge is -2.22. The molecule has 24 heavy (non-hydrogen) atoms. The monoisotopic (exact) mass is 327 g/mol. The number of rotatable bonds is 5. The number of anilines is 1. The minimum atomic E-state index is -0.0733. The summed E-state index contributed by atoms with van der Waals surface area (Å²) in [5.41, 5.74) is 2.39. The van der Waals surface area contributed by atoms with Crippen molar-refractivity contribution >= 4 is 11.6 Å². The molecule has 6 nitrogen and oxygen atoms in total. The molecule has 6 heteroatoms. The van der Waals surface area contributed by atoms with Crippen molar-refractivity contribution in [3.63, 3.8) is 0 Å². The molecule has 0 N–H and O–H groups in total. The van der Waals surface area contributed by atoms with Gasteiger partial charge in [0.15, 0.2) is 0 Å². The fourth-order valence-corrected chi connectivity index (χ4v) is 2.78. The highest BCUT2D eigenvalue weighted by Gasteiger charge is 2.23. The number of aromatic nitrogens is 2. The summed E-state index contributed by atoms with van der Waals surface area (Å²) in [6, 6.07) is 5.55. The molecule has 0 fully saturated rings. The Morgan fingerprint density at radius 2 is 2.21 bits per heavy atom. The highest BCUT2D eigenvalue weighted by Crippen LogP contribution is 2.26. The molecule has 3 heterocycles. The first kappa shape index (κ1) is 16.4. The van der Waals surface area contributed by atoms with Gasteiger partial charge in [0.2, 0.25) is 0 Å². The molecule has 1 amide bonds. The van der Waals surface area contributed by atoms with Gasteiger partial charge in [0.25, 0.3) is 5.91 Å². The number of methoxy groups -OCH3 is 1. The van der Waals surface area contributed by atoms with E-state index in [9.17, 15) is 4.79 Å². The summed E-state index contributed by atoms with van der Waals surface area (Å²) in [4.78, 5) is 23.3. The molecule has 1 aliphatic rings. The zero-order valence-electron chi connectivity index (χ0n) is 13.8. The lowest BCUT2D eigenvalue weighted by molar-refractivity contribution is 0.0985. The number of hydrogen-bond donors (Lipinski definition) is 0. The van der Waals surface area contributed by atoms with Crippen LogP contribution >= 0.6 is 0 Å². The van der Waals surface area contributed by atoms with E-state index >= 15 is 0 Å². The van der Waals surface area contributed by atoms with Crippen LogP contribution in [0.25, 0.3) is 0 Å².